The van der Waals surface area contributed by atoms with E-state index in [1.54, 1.807) is 7.11 Å². The molecule has 0 aromatic heterocycles. The minimum absolute atomic E-state index is 0.160. The number of hydrogen-bond acceptors (Lipinski definition) is 2. The fourth-order valence-corrected chi connectivity index (χ4v) is 2.81. The molecule has 1 fully saturated rings. The van der Waals surface area contributed by atoms with E-state index >= 15 is 0 Å². The van der Waals surface area contributed by atoms with Crippen LogP contribution in [0.1, 0.15) is 33.1 Å². The van der Waals surface area contributed by atoms with E-state index < -0.39 is 0 Å². The number of amides is 1. The molecule has 1 aliphatic carbocycles. The van der Waals surface area contributed by atoms with Gasteiger partial charge in [-0.1, -0.05) is 36.2 Å². The lowest BCUT2D eigenvalue weighted by Crippen LogP contribution is -2.39. The van der Waals surface area contributed by atoms with Gasteiger partial charge in [-0.3, -0.25) is 4.79 Å². The maximum atomic E-state index is 12.0. The van der Waals surface area contributed by atoms with Crippen molar-refractivity contribution in [3.8, 4) is 0 Å². The summed E-state index contributed by atoms with van der Waals surface area (Å²) >= 11 is 3.46. The van der Waals surface area contributed by atoms with Crippen LogP contribution < -0.4 is 5.32 Å². The van der Waals surface area contributed by atoms with Crippen LogP contribution in [0.5, 0.6) is 0 Å². The summed E-state index contributed by atoms with van der Waals surface area (Å²) in [5.41, 5.74) is 0.160. The Kier molecular flexibility index (Phi) is 5.25. The Balaban J connectivity index is 2.35. The zero-order valence-electron chi connectivity index (χ0n) is 10.4. The molecule has 1 saturated carbocycles. The first-order chi connectivity index (χ1) is 7.47. The van der Waals surface area contributed by atoms with Gasteiger partial charge in [-0.2, -0.15) is 0 Å². The number of carbonyl (C=O) groups is 1. The van der Waals surface area contributed by atoms with Crippen LogP contribution in [0.4, 0.5) is 0 Å². The van der Waals surface area contributed by atoms with Gasteiger partial charge in [0.15, 0.2) is 0 Å². The number of hydrogen-bond donors (Lipinski definition) is 1. The minimum atomic E-state index is 0.160. The van der Waals surface area contributed by atoms with Gasteiger partial charge in [-0.25, -0.2) is 0 Å². The van der Waals surface area contributed by atoms with Gasteiger partial charge in [0.1, 0.15) is 0 Å². The summed E-state index contributed by atoms with van der Waals surface area (Å²) in [4.78, 5) is 12.2. The van der Waals surface area contributed by atoms with Crippen molar-refractivity contribution in [1.82, 2.24) is 5.32 Å². The van der Waals surface area contributed by atoms with Gasteiger partial charge in [-0.15, -0.1) is 0 Å². The van der Waals surface area contributed by atoms with E-state index in [0.717, 1.165) is 12.8 Å². The molecule has 0 aromatic carbocycles. The van der Waals surface area contributed by atoms with Gasteiger partial charge >= 0.3 is 0 Å². The van der Waals surface area contributed by atoms with Crippen molar-refractivity contribution in [2.75, 3.05) is 20.3 Å². The number of methoxy groups -OCH3 is 1. The highest BCUT2D eigenvalue weighted by Gasteiger charge is 2.39. The van der Waals surface area contributed by atoms with Gasteiger partial charge in [0, 0.05) is 19.6 Å². The van der Waals surface area contributed by atoms with Crippen molar-refractivity contribution in [3.63, 3.8) is 0 Å². The molecule has 0 radical (unpaired) electrons. The van der Waals surface area contributed by atoms with E-state index in [9.17, 15) is 4.79 Å². The Labute approximate surface area is 106 Å². The molecule has 1 N–H and O–H groups in total. The highest BCUT2D eigenvalue weighted by Crippen LogP contribution is 2.42. The molecule has 94 valence electrons. The number of ether oxygens (including phenoxy) is 1. The molecule has 0 bridgehead atoms. The fraction of sp³-hybridized carbons (Fsp3) is 0.917. The van der Waals surface area contributed by atoms with Crippen LogP contribution in [0.15, 0.2) is 0 Å². The fourth-order valence-electron chi connectivity index (χ4n) is 2.39. The molecule has 3 nitrogen and oxygen atoms in total. The van der Waals surface area contributed by atoms with Crippen LogP contribution in [0.3, 0.4) is 0 Å². The lowest BCUT2D eigenvalue weighted by atomic mass is 9.81. The molecular formula is C12H22BrNO2. The van der Waals surface area contributed by atoms with Crippen LogP contribution in [-0.2, 0) is 9.53 Å². The summed E-state index contributed by atoms with van der Waals surface area (Å²) in [5, 5.41) is 3.00. The summed E-state index contributed by atoms with van der Waals surface area (Å²) in [6, 6.07) is 0. The predicted octanol–water partition coefficient (Wildman–Crippen LogP) is 2.34. The van der Waals surface area contributed by atoms with E-state index in [2.05, 4.69) is 35.1 Å². The second-order valence-corrected chi connectivity index (χ2v) is 6.53. The van der Waals surface area contributed by atoms with E-state index in [1.165, 1.54) is 6.42 Å². The zero-order chi connectivity index (χ0) is 12.2. The van der Waals surface area contributed by atoms with Crippen LogP contribution in [0, 0.1) is 11.3 Å². The third-order valence-electron chi connectivity index (χ3n) is 3.42. The number of nitrogens with one attached hydrogen (secondary N) is 1. The molecule has 16 heavy (non-hydrogen) atoms. The van der Waals surface area contributed by atoms with Gasteiger partial charge in [0.2, 0.25) is 5.91 Å². The summed E-state index contributed by atoms with van der Waals surface area (Å²) in [7, 11) is 1.66. The highest BCUT2D eigenvalue weighted by molar-refractivity contribution is 9.09. The van der Waals surface area contributed by atoms with Gasteiger partial charge in [0.25, 0.3) is 0 Å². The maximum absolute atomic E-state index is 12.0. The van der Waals surface area contributed by atoms with E-state index in [-0.39, 0.29) is 22.1 Å². The van der Waals surface area contributed by atoms with Crippen LogP contribution in [0.25, 0.3) is 0 Å². The average Bonchev–Trinajstić information content (AvgIpc) is 2.55. The Morgan fingerprint density at radius 3 is 2.81 bits per heavy atom. The lowest BCUT2D eigenvalue weighted by Gasteiger charge is -2.26. The summed E-state index contributed by atoms with van der Waals surface area (Å²) in [5.74, 6) is 0.373. The third kappa shape index (κ3) is 3.74. The SMILES string of the molecule is COCC(Br)CNC(=O)C1CCCC1(C)C. The van der Waals surface area contributed by atoms with E-state index in [4.69, 9.17) is 4.74 Å². The van der Waals surface area contributed by atoms with Crippen molar-refractivity contribution in [3.05, 3.63) is 0 Å². The second-order valence-electron chi connectivity index (χ2n) is 5.23. The summed E-state index contributed by atoms with van der Waals surface area (Å²) in [6.07, 6.45) is 3.35. The molecule has 2 atom stereocenters. The smallest absolute Gasteiger partial charge is 0.223 e. The normalized spacial score (nSPS) is 25.4. The number of halogens is 1. The molecule has 0 heterocycles. The van der Waals surface area contributed by atoms with E-state index in [0.29, 0.717) is 13.2 Å². The first-order valence-corrected chi connectivity index (χ1v) is 6.79. The quantitative estimate of drug-likeness (QED) is 0.790. The monoisotopic (exact) mass is 291 g/mol. The Bertz CT molecular complexity index is 243. The first kappa shape index (κ1) is 14.0. The summed E-state index contributed by atoms with van der Waals surface area (Å²) in [6.45, 7) is 5.63. The van der Waals surface area contributed by atoms with Crippen molar-refractivity contribution >= 4 is 21.8 Å². The molecule has 4 heteroatoms. The molecule has 0 aromatic rings. The Morgan fingerprint density at radius 1 is 1.62 bits per heavy atom. The molecule has 1 amide bonds. The molecule has 0 aliphatic heterocycles. The Morgan fingerprint density at radius 2 is 2.31 bits per heavy atom. The largest absolute Gasteiger partial charge is 0.383 e. The van der Waals surface area contributed by atoms with Gasteiger partial charge in [0.05, 0.1) is 11.4 Å². The zero-order valence-corrected chi connectivity index (χ0v) is 12.0. The van der Waals surface area contributed by atoms with Gasteiger partial charge in [-0.05, 0) is 18.3 Å². The standard InChI is InChI=1S/C12H22BrNO2/c1-12(2)6-4-5-10(12)11(15)14-7-9(13)8-16-3/h9-10H,4-8H2,1-3H3,(H,14,15). The number of carbonyl (C=O) groups excluding carboxylic acids is 1. The number of rotatable bonds is 5. The molecule has 0 saturated heterocycles. The molecule has 1 rings (SSSR count). The maximum Gasteiger partial charge on any atom is 0.223 e. The van der Waals surface area contributed by atoms with Crippen molar-refractivity contribution in [1.29, 1.82) is 0 Å². The predicted molar refractivity (Wildman–Crippen MR) is 68.7 cm³/mol. The highest BCUT2D eigenvalue weighted by atomic mass is 79.9. The molecule has 0 spiro atoms. The first-order valence-electron chi connectivity index (χ1n) is 5.88. The van der Waals surface area contributed by atoms with Crippen LogP contribution in [0.2, 0.25) is 0 Å². The lowest BCUT2D eigenvalue weighted by molar-refractivity contribution is -0.127. The van der Waals surface area contributed by atoms with E-state index in [1.807, 2.05) is 0 Å². The molecule has 1 aliphatic rings. The number of alkyl halides is 1. The van der Waals surface area contributed by atoms with Crippen molar-refractivity contribution < 1.29 is 9.53 Å². The summed E-state index contributed by atoms with van der Waals surface area (Å²) < 4.78 is 5.00. The Hall–Kier alpha value is -0.0900. The van der Waals surface area contributed by atoms with Crippen molar-refractivity contribution in [2.45, 2.75) is 37.9 Å². The topological polar surface area (TPSA) is 38.3 Å². The van der Waals surface area contributed by atoms with Gasteiger partial charge < -0.3 is 10.1 Å². The van der Waals surface area contributed by atoms with Crippen LogP contribution in [-0.4, -0.2) is 31.0 Å². The molecular weight excluding hydrogens is 270 g/mol. The average molecular weight is 292 g/mol. The second kappa shape index (κ2) is 6.01. The minimum Gasteiger partial charge on any atom is -0.383 e. The van der Waals surface area contributed by atoms with Crippen LogP contribution >= 0.6 is 15.9 Å². The molecule has 2 unspecified atom stereocenters. The third-order valence-corrected chi connectivity index (χ3v) is 4.01. The van der Waals surface area contributed by atoms with Crippen molar-refractivity contribution in [2.24, 2.45) is 11.3 Å².